The molecule has 3 rings (SSSR count). The number of allylic oxidation sites excluding steroid dienone is 1. The van der Waals surface area contributed by atoms with E-state index < -0.39 is 17.8 Å². The highest BCUT2D eigenvalue weighted by Crippen LogP contribution is 2.35. The molecule has 1 unspecified atom stereocenters. The van der Waals surface area contributed by atoms with Crippen LogP contribution in [0.5, 0.6) is 0 Å². The van der Waals surface area contributed by atoms with Crippen LogP contribution in [0.15, 0.2) is 24.3 Å². The van der Waals surface area contributed by atoms with Crippen molar-refractivity contribution < 1.29 is 18.7 Å². The van der Waals surface area contributed by atoms with E-state index in [9.17, 15) is 18.8 Å². The van der Waals surface area contributed by atoms with Gasteiger partial charge in [-0.25, -0.2) is 4.79 Å². The fourth-order valence-electron chi connectivity index (χ4n) is 3.27. The number of hydrogen-bond acceptors (Lipinski definition) is 3. The third-order valence-electron chi connectivity index (χ3n) is 4.78. The van der Waals surface area contributed by atoms with Gasteiger partial charge in [-0.2, -0.15) is 19.1 Å². The smallest absolute Gasteiger partial charge is 0.375 e. The maximum Gasteiger partial charge on any atom is 0.375 e. The van der Waals surface area contributed by atoms with E-state index in [1.54, 1.807) is 23.7 Å². The van der Waals surface area contributed by atoms with Gasteiger partial charge >= 0.3 is 11.9 Å². The molecule has 0 spiro atoms. The highest BCUT2D eigenvalue weighted by molar-refractivity contribution is 5.77. The fourth-order valence-corrected chi connectivity index (χ4v) is 3.27. The van der Waals surface area contributed by atoms with Crippen LogP contribution in [-0.4, -0.2) is 26.8 Å². The first kappa shape index (κ1) is 17.8. The number of aryl methyl sites for hydroxylation is 2. The topological polar surface area (TPSA) is 78.9 Å². The molecule has 1 aliphatic carbocycles. The van der Waals surface area contributed by atoms with Crippen LogP contribution in [0.4, 0.5) is 8.78 Å². The summed E-state index contributed by atoms with van der Waals surface area (Å²) in [4.78, 5) is 10.9. The zero-order chi connectivity index (χ0) is 19.1. The Morgan fingerprint density at radius 3 is 2.85 bits per heavy atom. The van der Waals surface area contributed by atoms with Gasteiger partial charge in [0.25, 0.3) is 0 Å². The molecular weight excluding hydrogens is 340 g/mol. The summed E-state index contributed by atoms with van der Waals surface area (Å²) in [5.41, 5.74) is 4.16. The van der Waals surface area contributed by atoms with Crippen LogP contribution in [0.2, 0.25) is 0 Å². The lowest BCUT2D eigenvalue weighted by Crippen LogP contribution is -2.38. The van der Waals surface area contributed by atoms with Crippen molar-refractivity contribution in [2.24, 2.45) is 5.92 Å². The number of carboxylic acids is 1. The number of rotatable bonds is 4. The molecule has 1 atom stereocenters. The van der Waals surface area contributed by atoms with Crippen LogP contribution in [0.3, 0.4) is 0 Å². The number of fused-ring (bicyclic) bond motifs is 1. The van der Waals surface area contributed by atoms with Gasteiger partial charge < -0.3 is 5.11 Å². The zero-order valence-electron chi connectivity index (χ0n) is 14.3. The summed E-state index contributed by atoms with van der Waals surface area (Å²) in [5, 5.41) is 22.6. The second-order valence-electron chi connectivity index (χ2n) is 6.41. The molecule has 0 aliphatic heterocycles. The van der Waals surface area contributed by atoms with Gasteiger partial charge in [-0.05, 0) is 31.0 Å². The first-order valence-electron chi connectivity index (χ1n) is 8.10. The number of hydrogen-bond donors (Lipinski definition) is 1. The number of carbonyl (C=O) groups is 1. The molecule has 1 aromatic carbocycles. The van der Waals surface area contributed by atoms with Crippen molar-refractivity contribution >= 4 is 12.0 Å². The maximum atomic E-state index is 14.0. The number of carboxylic acid groups (broad SMARTS) is 1. The molecule has 1 aliphatic rings. The summed E-state index contributed by atoms with van der Waals surface area (Å²) < 4.78 is 29.5. The second-order valence-corrected chi connectivity index (χ2v) is 6.41. The number of alkyl halides is 2. The Morgan fingerprint density at radius 1 is 1.46 bits per heavy atom. The Kier molecular flexibility index (Phi) is 4.36. The molecule has 26 heavy (non-hydrogen) atoms. The molecule has 0 saturated carbocycles. The Bertz CT molecular complexity index is 954. The quantitative estimate of drug-likeness (QED) is 0.910. The van der Waals surface area contributed by atoms with Crippen molar-refractivity contribution in [3.63, 3.8) is 0 Å². The molecule has 134 valence electrons. The summed E-state index contributed by atoms with van der Waals surface area (Å²) in [7, 11) is 0. The van der Waals surface area contributed by atoms with E-state index in [1.807, 2.05) is 13.0 Å². The summed E-state index contributed by atoms with van der Waals surface area (Å²) >= 11 is 0. The highest BCUT2D eigenvalue weighted by Gasteiger charge is 2.47. The first-order chi connectivity index (χ1) is 12.3. The van der Waals surface area contributed by atoms with Crippen molar-refractivity contribution in [2.75, 3.05) is 0 Å². The van der Waals surface area contributed by atoms with Crippen LogP contribution in [0.25, 0.3) is 6.08 Å². The van der Waals surface area contributed by atoms with Gasteiger partial charge in [0, 0.05) is 17.7 Å². The second kappa shape index (κ2) is 6.37. The number of nitrogens with zero attached hydrogens (tertiary/aromatic N) is 3. The van der Waals surface area contributed by atoms with Crippen LogP contribution in [0, 0.1) is 31.1 Å². The standard InChI is InChI=1S/C19H17F2N3O2/c1-11-4-3-5-13(9-22)16(11)10-24-17-8-14(19(20,21)18(25)26)6-7-15(17)12(2)23-24/h3-7,14H,8,10H2,1-2H3,(H,25,26). The van der Waals surface area contributed by atoms with E-state index in [0.717, 1.165) is 16.7 Å². The van der Waals surface area contributed by atoms with Gasteiger partial charge in [-0.1, -0.05) is 24.3 Å². The van der Waals surface area contributed by atoms with E-state index >= 15 is 0 Å². The number of benzene rings is 1. The average Bonchev–Trinajstić information content (AvgIpc) is 2.92. The molecule has 1 aromatic heterocycles. The Morgan fingerprint density at radius 2 is 2.19 bits per heavy atom. The number of halogens is 2. The molecule has 0 bridgehead atoms. The molecule has 0 saturated heterocycles. The molecule has 1 heterocycles. The Hall–Kier alpha value is -3.01. The predicted molar refractivity (Wildman–Crippen MR) is 90.8 cm³/mol. The molecule has 0 fully saturated rings. The molecule has 0 radical (unpaired) electrons. The fraction of sp³-hybridized carbons (Fsp3) is 0.316. The minimum absolute atomic E-state index is 0.125. The van der Waals surface area contributed by atoms with Gasteiger partial charge in [0.05, 0.1) is 29.8 Å². The summed E-state index contributed by atoms with van der Waals surface area (Å²) in [6, 6.07) is 7.50. The number of nitriles is 1. The van der Waals surface area contributed by atoms with Gasteiger partial charge in [-0.3, -0.25) is 4.68 Å². The molecule has 7 heteroatoms. The van der Waals surface area contributed by atoms with E-state index in [-0.39, 0.29) is 13.0 Å². The molecule has 5 nitrogen and oxygen atoms in total. The van der Waals surface area contributed by atoms with Crippen LogP contribution in [-0.2, 0) is 17.8 Å². The third-order valence-corrected chi connectivity index (χ3v) is 4.78. The predicted octanol–water partition coefficient (Wildman–Crippen LogP) is 3.33. The van der Waals surface area contributed by atoms with Gasteiger partial charge in [0.1, 0.15) is 0 Å². The van der Waals surface area contributed by atoms with Crippen molar-refractivity contribution in [1.82, 2.24) is 9.78 Å². The minimum atomic E-state index is -3.85. The molecular formula is C19H17F2N3O2. The summed E-state index contributed by atoms with van der Waals surface area (Å²) in [5.74, 6) is -7.42. The monoisotopic (exact) mass is 357 g/mol. The third kappa shape index (κ3) is 2.88. The van der Waals surface area contributed by atoms with E-state index in [0.29, 0.717) is 17.0 Å². The number of aliphatic carboxylic acids is 1. The normalized spacial score (nSPS) is 16.2. The minimum Gasteiger partial charge on any atom is -0.477 e. The first-order valence-corrected chi connectivity index (χ1v) is 8.10. The maximum absolute atomic E-state index is 14.0. The summed E-state index contributed by atoms with van der Waals surface area (Å²) in [6.45, 7) is 3.92. The Balaban J connectivity index is 2.01. The lowest BCUT2D eigenvalue weighted by atomic mass is 9.88. The SMILES string of the molecule is Cc1cccc(C#N)c1Cn1nc(C)c2c1CC(C(F)(F)C(=O)O)C=C2. The van der Waals surface area contributed by atoms with Crippen LogP contribution >= 0.6 is 0 Å². The lowest BCUT2D eigenvalue weighted by molar-refractivity contribution is -0.170. The van der Waals surface area contributed by atoms with Crippen molar-refractivity contribution in [1.29, 1.82) is 5.26 Å². The van der Waals surface area contributed by atoms with E-state index in [2.05, 4.69) is 11.2 Å². The van der Waals surface area contributed by atoms with Crippen molar-refractivity contribution in [2.45, 2.75) is 32.7 Å². The highest BCUT2D eigenvalue weighted by atomic mass is 19.3. The molecule has 1 N–H and O–H groups in total. The van der Waals surface area contributed by atoms with Crippen LogP contribution < -0.4 is 0 Å². The largest absolute Gasteiger partial charge is 0.477 e. The lowest BCUT2D eigenvalue weighted by Gasteiger charge is -2.24. The van der Waals surface area contributed by atoms with Crippen LogP contribution in [0.1, 0.15) is 33.6 Å². The van der Waals surface area contributed by atoms with Gasteiger partial charge in [-0.15, -0.1) is 0 Å². The number of aromatic nitrogens is 2. The van der Waals surface area contributed by atoms with E-state index in [4.69, 9.17) is 5.11 Å². The summed E-state index contributed by atoms with van der Waals surface area (Å²) in [6.07, 6.45) is 2.63. The van der Waals surface area contributed by atoms with Gasteiger partial charge in [0.15, 0.2) is 0 Å². The van der Waals surface area contributed by atoms with E-state index in [1.165, 1.54) is 12.2 Å². The molecule has 2 aromatic rings. The van der Waals surface area contributed by atoms with Crippen molar-refractivity contribution in [3.05, 3.63) is 57.9 Å². The van der Waals surface area contributed by atoms with Gasteiger partial charge in [0.2, 0.25) is 0 Å². The van der Waals surface area contributed by atoms with Crippen molar-refractivity contribution in [3.8, 4) is 6.07 Å². The Labute approximate surface area is 149 Å². The zero-order valence-corrected chi connectivity index (χ0v) is 14.3. The average molecular weight is 357 g/mol. The molecule has 0 amide bonds.